The minimum Gasteiger partial charge on any atom is -0.395 e. The number of aliphatic hydroxyl groups excluding tert-OH is 1. The van der Waals surface area contributed by atoms with E-state index in [-0.39, 0.29) is 13.0 Å². The summed E-state index contributed by atoms with van der Waals surface area (Å²) in [6.07, 6.45) is -4.71. The molecule has 0 fully saturated rings. The molecule has 1 N–H and O–H groups in total. The van der Waals surface area contributed by atoms with Crippen molar-refractivity contribution in [1.82, 2.24) is 4.90 Å². The number of alkyl halides is 3. The van der Waals surface area contributed by atoms with Crippen molar-refractivity contribution < 1.29 is 18.3 Å². The fourth-order valence-electron chi connectivity index (χ4n) is 0.832. The molecule has 74 valence electrons. The zero-order valence-corrected chi connectivity index (χ0v) is 7.06. The van der Waals surface area contributed by atoms with Crippen LogP contribution in [0.3, 0.4) is 0 Å². The van der Waals surface area contributed by atoms with E-state index in [1.54, 1.807) is 11.9 Å². The highest BCUT2D eigenvalue weighted by Crippen LogP contribution is 2.21. The van der Waals surface area contributed by atoms with Crippen molar-refractivity contribution >= 4 is 0 Å². The van der Waals surface area contributed by atoms with E-state index >= 15 is 0 Å². The number of halogens is 3. The molecule has 0 radical (unpaired) electrons. The van der Waals surface area contributed by atoms with Gasteiger partial charge in [-0.25, -0.2) is 0 Å². The fourth-order valence-corrected chi connectivity index (χ4v) is 0.832. The Balaban J connectivity index is 3.31. The van der Waals surface area contributed by atoms with Crippen LogP contribution in [0.25, 0.3) is 0 Å². The van der Waals surface area contributed by atoms with Gasteiger partial charge in [0.1, 0.15) is 0 Å². The van der Waals surface area contributed by atoms with Crippen molar-refractivity contribution in [2.24, 2.45) is 0 Å². The molecular weight excluding hydrogens is 171 g/mol. The first-order chi connectivity index (χ1) is 5.45. The molecule has 5 heteroatoms. The Bertz CT molecular complexity index is 116. The minimum absolute atomic E-state index is 0.0114. The van der Waals surface area contributed by atoms with Crippen LogP contribution in [0.1, 0.15) is 12.8 Å². The Labute approximate surface area is 70.0 Å². The van der Waals surface area contributed by atoms with E-state index < -0.39 is 12.6 Å². The lowest BCUT2D eigenvalue weighted by atomic mass is 10.3. The van der Waals surface area contributed by atoms with Gasteiger partial charge in [0, 0.05) is 13.0 Å². The summed E-state index contributed by atoms with van der Waals surface area (Å²) in [6, 6.07) is 0. The van der Waals surface area contributed by atoms with Gasteiger partial charge in [-0.2, -0.15) is 13.2 Å². The van der Waals surface area contributed by atoms with Crippen molar-refractivity contribution in [2.75, 3.05) is 26.7 Å². The van der Waals surface area contributed by atoms with E-state index in [0.29, 0.717) is 13.1 Å². The molecule has 12 heavy (non-hydrogen) atoms. The van der Waals surface area contributed by atoms with Gasteiger partial charge in [0.15, 0.2) is 0 Å². The molecule has 0 aromatic heterocycles. The zero-order chi connectivity index (χ0) is 9.61. The lowest BCUT2D eigenvalue weighted by Crippen LogP contribution is -2.24. The number of nitrogens with zero attached hydrogens (tertiary/aromatic N) is 1. The van der Waals surface area contributed by atoms with Gasteiger partial charge in [-0.1, -0.05) is 0 Å². The maximum absolute atomic E-state index is 11.6. The molecule has 0 aromatic rings. The third-order valence-electron chi connectivity index (χ3n) is 1.48. The smallest absolute Gasteiger partial charge is 0.389 e. The second-order valence-electron chi connectivity index (χ2n) is 2.75. The molecule has 0 heterocycles. The van der Waals surface area contributed by atoms with Crippen LogP contribution < -0.4 is 0 Å². The van der Waals surface area contributed by atoms with Crippen LogP contribution in [0.4, 0.5) is 13.2 Å². The molecule has 0 saturated carbocycles. The molecule has 0 spiro atoms. The van der Waals surface area contributed by atoms with Crippen LogP contribution in [-0.2, 0) is 0 Å². The van der Waals surface area contributed by atoms with Gasteiger partial charge in [-0.3, -0.25) is 0 Å². The Morgan fingerprint density at radius 1 is 1.25 bits per heavy atom. The topological polar surface area (TPSA) is 23.5 Å². The predicted molar refractivity (Wildman–Crippen MR) is 39.9 cm³/mol. The van der Waals surface area contributed by atoms with Crippen molar-refractivity contribution in [3.05, 3.63) is 0 Å². The molecule has 0 aliphatic rings. The average Bonchev–Trinajstić information content (AvgIpc) is 1.84. The Hall–Kier alpha value is -0.290. The summed E-state index contributed by atoms with van der Waals surface area (Å²) in [5.74, 6) is 0. The SMILES string of the molecule is CN(CCO)CCCC(F)(F)F. The predicted octanol–water partition coefficient (Wildman–Crippen LogP) is 1.25. The molecule has 0 unspecified atom stereocenters. The summed E-state index contributed by atoms with van der Waals surface area (Å²) >= 11 is 0. The second kappa shape index (κ2) is 5.37. The third kappa shape index (κ3) is 7.81. The Kier molecular flexibility index (Phi) is 5.24. The van der Waals surface area contributed by atoms with E-state index in [9.17, 15) is 13.2 Å². The molecule has 0 aliphatic heterocycles. The van der Waals surface area contributed by atoms with Crippen LogP contribution in [0.2, 0.25) is 0 Å². The summed E-state index contributed by atoms with van der Waals surface area (Å²) in [4.78, 5) is 1.67. The lowest BCUT2D eigenvalue weighted by Gasteiger charge is -2.15. The normalized spacial score (nSPS) is 12.5. The van der Waals surface area contributed by atoms with Crippen LogP contribution in [0.15, 0.2) is 0 Å². The minimum atomic E-state index is -4.06. The number of hydrogen-bond donors (Lipinski definition) is 1. The number of aliphatic hydroxyl groups is 1. The van der Waals surface area contributed by atoms with Gasteiger partial charge in [-0.05, 0) is 20.0 Å². The molecule has 0 aliphatic carbocycles. The summed E-state index contributed by atoms with van der Waals surface area (Å²) in [5.41, 5.74) is 0. The summed E-state index contributed by atoms with van der Waals surface area (Å²) in [6.45, 7) is 0.792. The fraction of sp³-hybridized carbons (Fsp3) is 1.00. The van der Waals surface area contributed by atoms with E-state index in [4.69, 9.17) is 5.11 Å². The average molecular weight is 185 g/mol. The molecule has 0 bridgehead atoms. The number of rotatable bonds is 5. The standard InChI is InChI=1S/C7H14F3NO/c1-11(5-6-12)4-2-3-7(8,9)10/h12H,2-6H2,1H3. The van der Waals surface area contributed by atoms with Gasteiger partial charge >= 0.3 is 6.18 Å². The van der Waals surface area contributed by atoms with E-state index in [2.05, 4.69) is 0 Å². The van der Waals surface area contributed by atoms with E-state index in [1.807, 2.05) is 0 Å². The van der Waals surface area contributed by atoms with Crippen LogP contribution >= 0.6 is 0 Å². The van der Waals surface area contributed by atoms with Crippen molar-refractivity contribution in [2.45, 2.75) is 19.0 Å². The van der Waals surface area contributed by atoms with Gasteiger partial charge < -0.3 is 10.0 Å². The van der Waals surface area contributed by atoms with Crippen molar-refractivity contribution in [3.63, 3.8) is 0 Å². The molecule has 0 rings (SSSR count). The van der Waals surface area contributed by atoms with Gasteiger partial charge in [-0.15, -0.1) is 0 Å². The maximum atomic E-state index is 11.6. The number of hydrogen-bond acceptors (Lipinski definition) is 2. The summed E-state index contributed by atoms with van der Waals surface area (Å²) in [5, 5.41) is 8.43. The van der Waals surface area contributed by atoms with Gasteiger partial charge in [0.05, 0.1) is 6.61 Å². The summed E-state index contributed by atoms with van der Waals surface area (Å²) in [7, 11) is 1.69. The highest BCUT2D eigenvalue weighted by molar-refractivity contribution is 4.55. The second-order valence-corrected chi connectivity index (χ2v) is 2.75. The molecule has 0 atom stereocenters. The zero-order valence-electron chi connectivity index (χ0n) is 7.06. The van der Waals surface area contributed by atoms with E-state index in [1.165, 1.54) is 0 Å². The first-order valence-corrected chi connectivity index (χ1v) is 3.82. The maximum Gasteiger partial charge on any atom is 0.389 e. The Morgan fingerprint density at radius 2 is 1.83 bits per heavy atom. The largest absolute Gasteiger partial charge is 0.395 e. The monoisotopic (exact) mass is 185 g/mol. The first kappa shape index (κ1) is 11.7. The quantitative estimate of drug-likeness (QED) is 0.696. The van der Waals surface area contributed by atoms with Gasteiger partial charge in [0.2, 0.25) is 0 Å². The highest BCUT2D eigenvalue weighted by Gasteiger charge is 2.26. The molecular formula is C7H14F3NO. The third-order valence-corrected chi connectivity index (χ3v) is 1.48. The first-order valence-electron chi connectivity index (χ1n) is 3.82. The van der Waals surface area contributed by atoms with Crippen LogP contribution in [-0.4, -0.2) is 42.9 Å². The van der Waals surface area contributed by atoms with Crippen molar-refractivity contribution in [1.29, 1.82) is 0 Å². The highest BCUT2D eigenvalue weighted by atomic mass is 19.4. The number of likely N-dealkylation sites (N-methyl/N-ethyl adjacent to an activating group) is 1. The Morgan fingerprint density at radius 3 is 2.25 bits per heavy atom. The molecule has 0 amide bonds. The van der Waals surface area contributed by atoms with Crippen molar-refractivity contribution in [3.8, 4) is 0 Å². The molecule has 0 saturated heterocycles. The molecule has 2 nitrogen and oxygen atoms in total. The van der Waals surface area contributed by atoms with Crippen LogP contribution in [0.5, 0.6) is 0 Å². The lowest BCUT2D eigenvalue weighted by molar-refractivity contribution is -0.136. The summed E-state index contributed by atoms with van der Waals surface area (Å²) < 4.78 is 34.9. The van der Waals surface area contributed by atoms with Crippen LogP contribution in [0, 0.1) is 0 Å². The molecule has 0 aromatic carbocycles. The van der Waals surface area contributed by atoms with E-state index in [0.717, 1.165) is 0 Å². The van der Waals surface area contributed by atoms with Gasteiger partial charge in [0.25, 0.3) is 0 Å².